The Morgan fingerprint density at radius 1 is 1.31 bits per heavy atom. The normalized spacial score (nSPS) is 9.54. The van der Waals surface area contributed by atoms with Crippen LogP contribution in [0, 0.1) is 0 Å². The maximum absolute atomic E-state index is 9.87. The SMILES string of the molecule is O=CNCCOCc1ccccc1. The molecule has 1 rings (SSSR count). The van der Waals surface area contributed by atoms with Gasteiger partial charge in [0.25, 0.3) is 0 Å². The minimum absolute atomic E-state index is 0.549. The molecule has 1 aromatic carbocycles. The fraction of sp³-hybridized carbons (Fsp3) is 0.300. The Kier molecular flexibility index (Phi) is 4.64. The van der Waals surface area contributed by atoms with Crippen molar-refractivity contribution in [3.8, 4) is 0 Å². The van der Waals surface area contributed by atoms with Gasteiger partial charge in [0, 0.05) is 6.54 Å². The van der Waals surface area contributed by atoms with Gasteiger partial charge in [-0.3, -0.25) is 4.79 Å². The Balaban J connectivity index is 2.10. The number of carbonyl (C=O) groups excluding carboxylic acids is 1. The average Bonchev–Trinajstić information content (AvgIpc) is 2.19. The third-order valence-electron chi connectivity index (χ3n) is 1.59. The van der Waals surface area contributed by atoms with E-state index in [1.54, 1.807) is 0 Å². The van der Waals surface area contributed by atoms with Gasteiger partial charge >= 0.3 is 0 Å². The van der Waals surface area contributed by atoms with Gasteiger partial charge in [-0.15, -0.1) is 0 Å². The summed E-state index contributed by atoms with van der Waals surface area (Å²) >= 11 is 0. The highest BCUT2D eigenvalue weighted by atomic mass is 16.5. The highest BCUT2D eigenvalue weighted by molar-refractivity contribution is 5.45. The lowest BCUT2D eigenvalue weighted by atomic mass is 10.2. The van der Waals surface area contributed by atoms with Gasteiger partial charge < -0.3 is 10.1 Å². The number of nitrogens with one attached hydrogen (secondary N) is 1. The molecule has 1 amide bonds. The van der Waals surface area contributed by atoms with Gasteiger partial charge in [-0.05, 0) is 5.56 Å². The van der Waals surface area contributed by atoms with E-state index >= 15 is 0 Å². The van der Waals surface area contributed by atoms with E-state index in [4.69, 9.17) is 4.74 Å². The van der Waals surface area contributed by atoms with Crippen LogP contribution in [0.4, 0.5) is 0 Å². The van der Waals surface area contributed by atoms with E-state index in [-0.39, 0.29) is 0 Å². The first-order valence-corrected chi connectivity index (χ1v) is 4.22. The van der Waals surface area contributed by atoms with Crippen molar-refractivity contribution in [2.75, 3.05) is 13.2 Å². The summed E-state index contributed by atoms with van der Waals surface area (Å²) in [5, 5.41) is 2.53. The van der Waals surface area contributed by atoms with Crippen LogP contribution in [0.5, 0.6) is 0 Å². The Hall–Kier alpha value is -1.35. The molecule has 0 aliphatic heterocycles. The monoisotopic (exact) mass is 179 g/mol. The Morgan fingerprint density at radius 3 is 2.77 bits per heavy atom. The summed E-state index contributed by atoms with van der Waals surface area (Å²) < 4.78 is 5.30. The standard InChI is InChI=1S/C10H13NO2/c12-9-11-6-7-13-8-10-4-2-1-3-5-10/h1-5,9H,6-8H2,(H,11,12). The van der Waals surface area contributed by atoms with Crippen molar-refractivity contribution in [1.82, 2.24) is 5.32 Å². The van der Waals surface area contributed by atoms with Crippen molar-refractivity contribution < 1.29 is 9.53 Å². The summed E-state index contributed by atoms with van der Waals surface area (Å²) in [4.78, 5) is 9.87. The molecule has 0 spiro atoms. The molecular weight excluding hydrogens is 166 g/mol. The van der Waals surface area contributed by atoms with E-state index in [1.165, 1.54) is 0 Å². The van der Waals surface area contributed by atoms with Crippen LogP contribution in [0.1, 0.15) is 5.56 Å². The van der Waals surface area contributed by atoms with Crippen LogP contribution in [0.15, 0.2) is 30.3 Å². The van der Waals surface area contributed by atoms with Crippen LogP contribution < -0.4 is 5.32 Å². The van der Waals surface area contributed by atoms with Crippen molar-refractivity contribution in [2.24, 2.45) is 0 Å². The summed E-state index contributed by atoms with van der Waals surface area (Å²) in [6, 6.07) is 9.93. The quantitative estimate of drug-likeness (QED) is 0.521. The van der Waals surface area contributed by atoms with Gasteiger partial charge in [0.15, 0.2) is 0 Å². The molecule has 3 heteroatoms. The van der Waals surface area contributed by atoms with Gasteiger partial charge in [0.05, 0.1) is 13.2 Å². The largest absolute Gasteiger partial charge is 0.375 e. The van der Waals surface area contributed by atoms with Crippen molar-refractivity contribution in [3.05, 3.63) is 35.9 Å². The molecular formula is C10H13NO2. The van der Waals surface area contributed by atoms with E-state index in [0.29, 0.717) is 26.2 Å². The number of amides is 1. The molecule has 1 N–H and O–H groups in total. The molecule has 0 atom stereocenters. The smallest absolute Gasteiger partial charge is 0.207 e. The Bertz CT molecular complexity index is 236. The molecule has 13 heavy (non-hydrogen) atoms. The number of carbonyl (C=O) groups is 1. The van der Waals surface area contributed by atoms with Crippen LogP contribution in [0.2, 0.25) is 0 Å². The second-order valence-corrected chi connectivity index (χ2v) is 2.61. The average molecular weight is 179 g/mol. The molecule has 1 aromatic rings. The number of hydrogen-bond donors (Lipinski definition) is 1. The topological polar surface area (TPSA) is 38.3 Å². The predicted molar refractivity (Wildman–Crippen MR) is 50.2 cm³/mol. The first-order valence-electron chi connectivity index (χ1n) is 4.22. The lowest BCUT2D eigenvalue weighted by Gasteiger charge is -2.02. The molecule has 0 heterocycles. The van der Waals surface area contributed by atoms with Gasteiger partial charge in [-0.25, -0.2) is 0 Å². The van der Waals surface area contributed by atoms with E-state index in [0.717, 1.165) is 5.56 Å². The fourth-order valence-corrected chi connectivity index (χ4v) is 0.954. The predicted octanol–water partition coefficient (Wildman–Crippen LogP) is 0.949. The van der Waals surface area contributed by atoms with E-state index in [1.807, 2.05) is 30.3 Å². The first kappa shape index (κ1) is 9.74. The van der Waals surface area contributed by atoms with Gasteiger partial charge in [0.2, 0.25) is 6.41 Å². The zero-order valence-corrected chi connectivity index (χ0v) is 7.40. The molecule has 70 valence electrons. The van der Waals surface area contributed by atoms with Crippen LogP contribution in [-0.4, -0.2) is 19.6 Å². The molecule has 0 bridgehead atoms. The van der Waals surface area contributed by atoms with Crippen molar-refractivity contribution in [3.63, 3.8) is 0 Å². The van der Waals surface area contributed by atoms with E-state index in [9.17, 15) is 4.79 Å². The minimum Gasteiger partial charge on any atom is -0.375 e. The zero-order valence-electron chi connectivity index (χ0n) is 7.40. The van der Waals surface area contributed by atoms with Gasteiger partial charge in [-0.1, -0.05) is 30.3 Å². The minimum atomic E-state index is 0.549. The molecule has 0 radical (unpaired) electrons. The lowest BCUT2D eigenvalue weighted by molar-refractivity contribution is -0.109. The van der Waals surface area contributed by atoms with Crippen LogP contribution in [0.3, 0.4) is 0 Å². The summed E-state index contributed by atoms with van der Waals surface area (Å²) in [6.07, 6.45) is 0.672. The Labute approximate surface area is 77.7 Å². The van der Waals surface area contributed by atoms with E-state index in [2.05, 4.69) is 5.32 Å². The maximum atomic E-state index is 9.87. The molecule has 3 nitrogen and oxygen atoms in total. The number of hydrogen-bond acceptors (Lipinski definition) is 2. The summed E-state index contributed by atoms with van der Waals surface area (Å²) in [7, 11) is 0. The lowest BCUT2D eigenvalue weighted by Crippen LogP contribution is -2.17. The molecule has 0 aliphatic rings. The molecule has 0 saturated heterocycles. The summed E-state index contributed by atoms with van der Waals surface area (Å²) in [6.45, 7) is 1.71. The van der Waals surface area contributed by atoms with Crippen molar-refractivity contribution >= 4 is 6.41 Å². The van der Waals surface area contributed by atoms with E-state index < -0.39 is 0 Å². The second-order valence-electron chi connectivity index (χ2n) is 2.61. The highest BCUT2D eigenvalue weighted by Gasteiger charge is 1.90. The molecule has 0 unspecified atom stereocenters. The van der Waals surface area contributed by atoms with Crippen molar-refractivity contribution in [1.29, 1.82) is 0 Å². The molecule has 0 fully saturated rings. The third kappa shape index (κ3) is 4.28. The van der Waals surface area contributed by atoms with Gasteiger partial charge in [-0.2, -0.15) is 0 Å². The third-order valence-corrected chi connectivity index (χ3v) is 1.59. The van der Waals surface area contributed by atoms with Crippen LogP contribution >= 0.6 is 0 Å². The number of benzene rings is 1. The highest BCUT2D eigenvalue weighted by Crippen LogP contribution is 1.99. The van der Waals surface area contributed by atoms with Crippen molar-refractivity contribution in [2.45, 2.75) is 6.61 Å². The fourth-order valence-electron chi connectivity index (χ4n) is 0.954. The summed E-state index contributed by atoms with van der Waals surface area (Å²) in [5.41, 5.74) is 1.15. The second kappa shape index (κ2) is 6.20. The van der Waals surface area contributed by atoms with Crippen LogP contribution in [0.25, 0.3) is 0 Å². The first-order chi connectivity index (χ1) is 6.43. The number of rotatable bonds is 6. The summed E-state index contributed by atoms with van der Waals surface area (Å²) in [5.74, 6) is 0. The Morgan fingerprint density at radius 2 is 2.08 bits per heavy atom. The molecule has 0 saturated carbocycles. The molecule has 0 aliphatic carbocycles. The number of ether oxygens (including phenoxy) is 1. The molecule has 0 aromatic heterocycles. The van der Waals surface area contributed by atoms with Crippen LogP contribution in [-0.2, 0) is 16.1 Å². The van der Waals surface area contributed by atoms with Gasteiger partial charge in [0.1, 0.15) is 0 Å². The maximum Gasteiger partial charge on any atom is 0.207 e. The zero-order chi connectivity index (χ0) is 9.36.